The minimum atomic E-state index is -0.186. The quantitative estimate of drug-likeness (QED) is 0.731. The topological polar surface area (TPSA) is 35.5 Å². The summed E-state index contributed by atoms with van der Waals surface area (Å²) in [5.41, 5.74) is 1.58. The summed E-state index contributed by atoms with van der Waals surface area (Å²) >= 11 is 0. The molecule has 1 aromatic carbocycles. The lowest BCUT2D eigenvalue weighted by atomic mass is 10.1. The Morgan fingerprint density at radius 1 is 1.35 bits per heavy atom. The molecule has 0 aliphatic rings. The highest BCUT2D eigenvalue weighted by atomic mass is 19.1. The lowest BCUT2D eigenvalue weighted by molar-refractivity contribution is 0.289. The van der Waals surface area contributed by atoms with E-state index < -0.39 is 0 Å². The summed E-state index contributed by atoms with van der Waals surface area (Å²) in [6, 6.07) is 5.40. The van der Waals surface area contributed by atoms with Crippen LogP contribution in [0.1, 0.15) is 32.8 Å². The predicted octanol–water partition coefficient (Wildman–Crippen LogP) is 2.78. The third-order valence-electron chi connectivity index (χ3n) is 3.20. The summed E-state index contributed by atoms with van der Waals surface area (Å²) in [7, 11) is 0. The Bertz CT molecular complexity index is 396. The van der Waals surface area contributed by atoms with Gasteiger partial charge in [-0.15, -0.1) is 0 Å². The molecule has 20 heavy (non-hydrogen) atoms. The zero-order chi connectivity index (χ0) is 15.0. The van der Waals surface area contributed by atoms with Gasteiger partial charge in [-0.3, -0.25) is 0 Å². The van der Waals surface area contributed by atoms with Crippen molar-refractivity contribution in [1.82, 2.24) is 5.32 Å². The van der Waals surface area contributed by atoms with Gasteiger partial charge in [0.15, 0.2) is 0 Å². The fourth-order valence-electron chi connectivity index (χ4n) is 2.13. The van der Waals surface area contributed by atoms with Gasteiger partial charge in [0.2, 0.25) is 0 Å². The molecule has 4 heteroatoms. The Morgan fingerprint density at radius 2 is 2.10 bits per heavy atom. The monoisotopic (exact) mass is 282 g/mol. The molecule has 0 spiro atoms. The van der Waals surface area contributed by atoms with Crippen LogP contribution in [-0.2, 0) is 6.54 Å². The summed E-state index contributed by atoms with van der Waals surface area (Å²) in [5, 5.41) is 12.2. The Labute approximate surface area is 121 Å². The number of hydrogen-bond acceptors (Lipinski definition) is 3. The van der Waals surface area contributed by atoms with E-state index in [-0.39, 0.29) is 12.4 Å². The molecule has 0 unspecified atom stereocenters. The van der Waals surface area contributed by atoms with Crippen molar-refractivity contribution >= 4 is 5.69 Å². The maximum absolute atomic E-state index is 14.2. The van der Waals surface area contributed by atoms with E-state index in [2.05, 4.69) is 19.2 Å². The van der Waals surface area contributed by atoms with E-state index in [1.165, 1.54) is 0 Å². The molecule has 0 atom stereocenters. The van der Waals surface area contributed by atoms with E-state index in [0.29, 0.717) is 31.1 Å². The summed E-state index contributed by atoms with van der Waals surface area (Å²) in [6.45, 7) is 9.47. The highest BCUT2D eigenvalue weighted by Crippen LogP contribution is 2.20. The number of halogens is 1. The van der Waals surface area contributed by atoms with Gasteiger partial charge in [0, 0.05) is 26.2 Å². The maximum Gasteiger partial charge on any atom is 0.146 e. The van der Waals surface area contributed by atoms with Gasteiger partial charge in [-0.2, -0.15) is 0 Å². The van der Waals surface area contributed by atoms with Gasteiger partial charge in [-0.25, -0.2) is 4.39 Å². The zero-order valence-electron chi connectivity index (χ0n) is 12.8. The first kappa shape index (κ1) is 16.9. The van der Waals surface area contributed by atoms with Crippen LogP contribution in [0.5, 0.6) is 0 Å². The van der Waals surface area contributed by atoms with Crippen LogP contribution < -0.4 is 10.2 Å². The van der Waals surface area contributed by atoms with Gasteiger partial charge in [0.25, 0.3) is 0 Å². The Morgan fingerprint density at radius 3 is 2.65 bits per heavy atom. The largest absolute Gasteiger partial charge is 0.396 e. The standard InChI is InChI=1S/C16H27FN2O/c1-4-19(8-5-9-20)16-7-6-14(10-15(16)17)12-18-11-13(2)3/h6-7,10,13,18,20H,4-5,8-9,11-12H2,1-3H3. The van der Waals surface area contributed by atoms with E-state index >= 15 is 0 Å². The Balaban J connectivity index is 2.66. The first-order valence-corrected chi connectivity index (χ1v) is 7.43. The molecular weight excluding hydrogens is 255 g/mol. The minimum absolute atomic E-state index is 0.134. The maximum atomic E-state index is 14.2. The van der Waals surface area contributed by atoms with E-state index in [9.17, 15) is 4.39 Å². The number of aliphatic hydroxyl groups is 1. The minimum Gasteiger partial charge on any atom is -0.396 e. The Hall–Kier alpha value is -1.13. The summed E-state index contributed by atoms with van der Waals surface area (Å²) < 4.78 is 14.2. The first-order chi connectivity index (χ1) is 9.58. The van der Waals surface area contributed by atoms with E-state index in [0.717, 1.165) is 18.7 Å². The van der Waals surface area contributed by atoms with Crippen LogP contribution in [0.2, 0.25) is 0 Å². The predicted molar refractivity (Wildman–Crippen MR) is 82.5 cm³/mol. The van der Waals surface area contributed by atoms with Gasteiger partial charge in [-0.1, -0.05) is 19.9 Å². The second-order valence-corrected chi connectivity index (χ2v) is 5.47. The number of nitrogens with zero attached hydrogens (tertiary/aromatic N) is 1. The molecule has 0 saturated heterocycles. The van der Waals surface area contributed by atoms with Crippen LogP contribution in [0.3, 0.4) is 0 Å². The van der Waals surface area contributed by atoms with Gasteiger partial charge < -0.3 is 15.3 Å². The summed E-state index contributed by atoms with van der Waals surface area (Å²) in [5.74, 6) is 0.404. The van der Waals surface area contributed by atoms with Crippen molar-refractivity contribution < 1.29 is 9.50 Å². The molecule has 2 N–H and O–H groups in total. The molecule has 0 aromatic heterocycles. The van der Waals surface area contributed by atoms with Crippen LogP contribution >= 0.6 is 0 Å². The second-order valence-electron chi connectivity index (χ2n) is 5.47. The first-order valence-electron chi connectivity index (χ1n) is 7.43. The van der Waals surface area contributed by atoms with Gasteiger partial charge >= 0.3 is 0 Å². The number of aliphatic hydroxyl groups excluding tert-OH is 1. The van der Waals surface area contributed by atoms with Crippen molar-refractivity contribution in [3.05, 3.63) is 29.6 Å². The van der Waals surface area contributed by atoms with Crippen molar-refractivity contribution in [3.8, 4) is 0 Å². The molecule has 0 fully saturated rings. The molecule has 3 nitrogen and oxygen atoms in total. The molecule has 0 amide bonds. The average Bonchev–Trinajstić information content (AvgIpc) is 2.41. The molecule has 0 radical (unpaired) electrons. The highest BCUT2D eigenvalue weighted by molar-refractivity contribution is 5.49. The van der Waals surface area contributed by atoms with Crippen LogP contribution in [-0.4, -0.2) is 31.3 Å². The zero-order valence-corrected chi connectivity index (χ0v) is 12.8. The lowest BCUT2D eigenvalue weighted by Gasteiger charge is -2.23. The van der Waals surface area contributed by atoms with Crippen LogP contribution in [0.15, 0.2) is 18.2 Å². The van der Waals surface area contributed by atoms with Gasteiger partial charge in [0.05, 0.1) is 5.69 Å². The third kappa shape index (κ3) is 5.47. The highest BCUT2D eigenvalue weighted by Gasteiger charge is 2.10. The lowest BCUT2D eigenvalue weighted by Crippen LogP contribution is -2.25. The Kier molecular flexibility index (Phi) is 7.55. The second kappa shape index (κ2) is 8.93. The number of nitrogens with one attached hydrogen (secondary N) is 1. The van der Waals surface area contributed by atoms with Crippen molar-refractivity contribution in [2.45, 2.75) is 33.7 Å². The van der Waals surface area contributed by atoms with Gasteiger partial charge in [-0.05, 0) is 43.5 Å². The molecule has 0 aliphatic heterocycles. The van der Waals surface area contributed by atoms with E-state index in [1.54, 1.807) is 6.07 Å². The molecule has 1 aromatic rings. The normalized spacial score (nSPS) is 11.1. The van der Waals surface area contributed by atoms with Crippen LogP contribution in [0.4, 0.5) is 10.1 Å². The number of benzene rings is 1. The number of hydrogen-bond donors (Lipinski definition) is 2. The van der Waals surface area contributed by atoms with Gasteiger partial charge in [0.1, 0.15) is 5.82 Å². The molecule has 0 saturated carbocycles. The number of anilines is 1. The van der Waals surface area contributed by atoms with Crippen LogP contribution in [0, 0.1) is 11.7 Å². The summed E-state index contributed by atoms with van der Waals surface area (Å²) in [6.07, 6.45) is 0.658. The van der Waals surface area contributed by atoms with E-state index in [4.69, 9.17) is 5.11 Å². The molecule has 0 aliphatic carbocycles. The molecule has 1 rings (SSSR count). The molecular formula is C16H27FN2O. The summed E-state index contributed by atoms with van der Waals surface area (Å²) in [4.78, 5) is 1.96. The van der Waals surface area contributed by atoms with Crippen molar-refractivity contribution in [2.75, 3.05) is 31.1 Å². The van der Waals surface area contributed by atoms with Crippen molar-refractivity contribution in [3.63, 3.8) is 0 Å². The fourth-order valence-corrected chi connectivity index (χ4v) is 2.13. The van der Waals surface area contributed by atoms with Crippen molar-refractivity contribution in [1.29, 1.82) is 0 Å². The molecule has 114 valence electrons. The molecule has 0 heterocycles. The average molecular weight is 282 g/mol. The fraction of sp³-hybridized carbons (Fsp3) is 0.625. The van der Waals surface area contributed by atoms with Crippen molar-refractivity contribution in [2.24, 2.45) is 5.92 Å². The number of rotatable bonds is 9. The third-order valence-corrected chi connectivity index (χ3v) is 3.20. The molecule has 0 bridgehead atoms. The SMILES string of the molecule is CCN(CCCO)c1ccc(CNCC(C)C)cc1F. The smallest absolute Gasteiger partial charge is 0.146 e. The van der Waals surface area contributed by atoms with E-state index in [1.807, 2.05) is 24.0 Å². The van der Waals surface area contributed by atoms with Crippen LogP contribution in [0.25, 0.3) is 0 Å².